The molecule has 10 atom stereocenters. The summed E-state index contributed by atoms with van der Waals surface area (Å²) in [4.78, 5) is 28.8. The van der Waals surface area contributed by atoms with Crippen molar-refractivity contribution in [3.8, 4) is 5.75 Å². The van der Waals surface area contributed by atoms with Gasteiger partial charge in [-0.1, -0.05) is 77.9 Å². The molecule has 6 rings (SSSR count). The molecule has 0 bridgehead atoms. The minimum atomic E-state index is -1.43. The molecule has 3 saturated heterocycles. The number of fused-ring (bicyclic) bond motifs is 1. The maximum atomic E-state index is 13.5. The summed E-state index contributed by atoms with van der Waals surface area (Å²) in [7, 11) is 2.80. The lowest BCUT2D eigenvalue weighted by molar-refractivity contribution is -0.332. The summed E-state index contributed by atoms with van der Waals surface area (Å²) in [6.07, 6.45) is -10.0. The van der Waals surface area contributed by atoms with E-state index in [1.54, 1.807) is 33.1 Å². The van der Waals surface area contributed by atoms with E-state index in [4.69, 9.17) is 52.1 Å². The second-order valence-electron chi connectivity index (χ2n) is 13.8. The Morgan fingerprint density at radius 3 is 1.93 bits per heavy atom. The topological polar surface area (TPSA) is 184 Å². The van der Waals surface area contributed by atoms with Gasteiger partial charge in [-0.2, -0.15) is 0 Å². The van der Waals surface area contributed by atoms with Crippen molar-refractivity contribution in [1.29, 1.82) is 0 Å². The molecule has 56 heavy (non-hydrogen) atoms. The van der Waals surface area contributed by atoms with Crippen LogP contribution in [0, 0.1) is 0 Å². The Hall–Kier alpha value is -4.61. The lowest BCUT2D eigenvalue weighted by atomic mass is 9.95. The number of hydrogen-bond donors (Lipinski definition) is 0. The number of benzene rings is 3. The smallest absolute Gasteiger partial charge is 0.337 e. The fourth-order valence-electron chi connectivity index (χ4n) is 6.83. The Labute approximate surface area is 324 Å². The number of esters is 2. The van der Waals surface area contributed by atoms with Crippen molar-refractivity contribution in [2.45, 2.75) is 108 Å². The van der Waals surface area contributed by atoms with Gasteiger partial charge in [-0.3, -0.25) is 4.79 Å². The van der Waals surface area contributed by atoms with E-state index in [-0.39, 0.29) is 26.4 Å². The van der Waals surface area contributed by atoms with Crippen LogP contribution < -0.4 is 4.74 Å². The zero-order valence-electron chi connectivity index (χ0n) is 31.8. The minimum Gasteiger partial charge on any atom is -0.497 e. The molecule has 3 aliphatic heterocycles. The highest BCUT2D eigenvalue weighted by atomic mass is 16.8. The maximum absolute atomic E-state index is 13.5. The highest BCUT2D eigenvalue weighted by molar-refractivity contribution is 5.75. The number of ether oxygens (including phenoxy) is 11. The van der Waals surface area contributed by atoms with Crippen molar-refractivity contribution < 1.29 is 61.7 Å². The number of nitrogens with zero attached hydrogens (tertiary/aromatic N) is 3. The molecular formula is C40H47N3O13. The summed E-state index contributed by atoms with van der Waals surface area (Å²) in [5.74, 6) is -1.77. The minimum absolute atomic E-state index is 0.0841. The van der Waals surface area contributed by atoms with E-state index >= 15 is 0 Å². The van der Waals surface area contributed by atoms with Gasteiger partial charge >= 0.3 is 11.9 Å². The Balaban J connectivity index is 1.37. The van der Waals surface area contributed by atoms with Crippen LogP contribution in [0.3, 0.4) is 0 Å². The van der Waals surface area contributed by atoms with E-state index in [1.807, 2.05) is 72.8 Å². The Bertz CT molecular complexity index is 1780. The molecule has 3 aromatic carbocycles. The zero-order chi connectivity index (χ0) is 39.7. The van der Waals surface area contributed by atoms with Gasteiger partial charge in [-0.05, 0) is 48.2 Å². The van der Waals surface area contributed by atoms with Crippen LogP contribution in [0.2, 0.25) is 0 Å². The molecule has 0 unspecified atom stereocenters. The maximum Gasteiger partial charge on any atom is 0.337 e. The fourth-order valence-corrected chi connectivity index (χ4v) is 6.83. The molecule has 3 fully saturated rings. The number of carbonyl (C=O) groups is 2. The first-order valence-electron chi connectivity index (χ1n) is 18.2. The summed E-state index contributed by atoms with van der Waals surface area (Å²) in [6, 6.07) is 24.9. The molecule has 0 spiro atoms. The number of carbonyl (C=O) groups excluding carboxylic acids is 2. The molecule has 0 radical (unpaired) electrons. The average molecular weight is 778 g/mol. The number of rotatable bonds is 16. The quantitative estimate of drug-likeness (QED) is 0.0806. The van der Waals surface area contributed by atoms with Crippen LogP contribution in [0.15, 0.2) is 90.0 Å². The Kier molecular flexibility index (Phi) is 13.9. The van der Waals surface area contributed by atoms with Gasteiger partial charge in [0.05, 0.1) is 34.0 Å². The zero-order valence-corrected chi connectivity index (χ0v) is 31.8. The SMILES string of the molecule is COC(=O)[C@@H]1O[C@@H]2OC(C)(C)O[C@@H]2[C@@H](OCc2ccccc2)[C@@H]1O[C@H]1O[C@H](COC(C)=O)[C@@H](OCc2ccc(OC)cc2)[C@H](OCc2ccccc2)[C@H]1N=[N+]=[N-]. The third-order valence-electron chi connectivity index (χ3n) is 9.46. The van der Waals surface area contributed by atoms with E-state index in [2.05, 4.69) is 10.0 Å². The molecule has 16 heteroatoms. The van der Waals surface area contributed by atoms with Crippen LogP contribution in [0.4, 0.5) is 0 Å². The second kappa shape index (κ2) is 19.0. The van der Waals surface area contributed by atoms with Gasteiger partial charge < -0.3 is 52.1 Å². The average Bonchev–Trinajstić information content (AvgIpc) is 3.53. The van der Waals surface area contributed by atoms with Gasteiger partial charge in [0.15, 0.2) is 24.5 Å². The van der Waals surface area contributed by atoms with E-state index in [0.717, 1.165) is 16.7 Å². The lowest BCUT2D eigenvalue weighted by Crippen LogP contribution is -2.65. The molecular weight excluding hydrogens is 730 g/mol. The van der Waals surface area contributed by atoms with E-state index in [1.165, 1.54) is 14.0 Å². The third-order valence-corrected chi connectivity index (χ3v) is 9.46. The van der Waals surface area contributed by atoms with Crippen LogP contribution in [-0.4, -0.2) is 99.9 Å². The number of azide groups is 1. The van der Waals surface area contributed by atoms with Crippen LogP contribution in [0.25, 0.3) is 10.4 Å². The summed E-state index contributed by atoms with van der Waals surface area (Å²) in [5, 5.41) is 4.13. The number of hydrogen-bond acceptors (Lipinski definition) is 14. The number of methoxy groups -OCH3 is 2. The van der Waals surface area contributed by atoms with Gasteiger partial charge in [0.1, 0.15) is 55.0 Å². The monoisotopic (exact) mass is 777 g/mol. The predicted octanol–water partition coefficient (Wildman–Crippen LogP) is 5.15. The van der Waals surface area contributed by atoms with E-state index in [0.29, 0.717) is 5.75 Å². The molecule has 3 aliphatic rings. The van der Waals surface area contributed by atoms with Crippen molar-refractivity contribution in [3.63, 3.8) is 0 Å². The van der Waals surface area contributed by atoms with Gasteiger partial charge in [0.2, 0.25) is 0 Å². The second-order valence-corrected chi connectivity index (χ2v) is 13.8. The van der Waals surface area contributed by atoms with Crippen molar-refractivity contribution in [3.05, 3.63) is 112 Å². The van der Waals surface area contributed by atoms with Gasteiger partial charge in [-0.25, -0.2) is 4.79 Å². The van der Waals surface area contributed by atoms with Crippen molar-refractivity contribution in [2.24, 2.45) is 5.11 Å². The molecule has 0 N–H and O–H groups in total. The van der Waals surface area contributed by atoms with Gasteiger partial charge in [0, 0.05) is 11.8 Å². The molecule has 0 amide bonds. The first-order chi connectivity index (χ1) is 27.1. The summed E-state index contributed by atoms with van der Waals surface area (Å²) >= 11 is 0. The normalized spacial score (nSPS) is 29.4. The van der Waals surface area contributed by atoms with Gasteiger partial charge in [-0.15, -0.1) is 0 Å². The first-order valence-corrected chi connectivity index (χ1v) is 18.2. The van der Waals surface area contributed by atoms with Crippen molar-refractivity contribution in [1.82, 2.24) is 0 Å². The van der Waals surface area contributed by atoms with Crippen LogP contribution in [0.1, 0.15) is 37.5 Å². The molecule has 0 saturated carbocycles. The van der Waals surface area contributed by atoms with Crippen molar-refractivity contribution >= 4 is 11.9 Å². The predicted molar refractivity (Wildman–Crippen MR) is 195 cm³/mol. The highest BCUT2D eigenvalue weighted by Crippen LogP contribution is 2.41. The first kappa shape index (κ1) is 41.0. The standard InChI is InChI=1S/C40H47N3O13/c1-24(44)48-23-29-31(49-22-27-16-18-28(46-4)19-17-27)32(50-20-25-12-8-6-9-13-25)30(42-43-41)38(52-29)53-34-33(51-21-26-14-10-7-11-15-26)36-39(56-40(2,3)55-36)54-35(34)37(45)47-5/h6-19,29-36,38-39H,20-23H2,1-5H3/t29-,30-,31-,32-,33+,34+,35-,36-,38-,39-/m1/s1. The van der Waals surface area contributed by atoms with E-state index in [9.17, 15) is 15.1 Å². The largest absolute Gasteiger partial charge is 0.497 e. The summed E-state index contributed by atoms with van der Waals surface area (Å²) < 4.78 is 67.2. The molecule has 300 valence electrons. The molecule has 3 heterocycles. The molecule has 3 aromatic rings. The highest BCUT2D eigenvalue weighted by Gasteiger charge is 2.59. The molecule has 16 nitrogen and oxygen atoms in total. The molecule has 0 aromatic heterocycles. The van der Waals surface area contributed by atoms with E-state index < -0.39 is 79.1 Å². The lowest BCUT2D eigenvalue weighted by Gasteiger charge is -2.47. The Morgan fingerprint density at radius 1 is 0.768 bits per heavy atom. The van der Waals surface area contributed by atoms with Crippen LogP contribution in [-0.2, 0) is 76.8 Å². The van der Waals surface area contributed by atoms with Crippen LogP contribution in [0.5, 0.6) is 5.75 Å². The summed E-state index contributed by atoms with van der Waals surface area (Å²) in [5.41, 5.74) is 12.4. The third kappa shape index (κ3) is 10.2. The van der Waals surface area contributed by atoms with Crippen LogP contribution >= 0.6 is 0 Å². The molecule has 0 aliphatic carbocycles. The van der Waals surface area contributed by atoms with Crippen molar-refractivity contribution in [2.75, 3.05) is 20.8 Å². The summed E-state index contributed by atoms with van der Waals surface area (Å²) in [6.45, 7) is 4.71. The Morgan fingerprint density at radius 2 is 1.36 bits per heavy atom. The van der Waals surface area contributed by atoms with Gasteiger partial charge in [0.25, 0.3) is 0 Å². The fraction of sp³-hybridized carbons (Fsp3) is 0.500.